The fraction of sp³-hybridized carbons (Fsp3) is 0.0952. The molecule has 0 saturated carbocycles. The van der Waals surface area contributed by atoms with Gasteiger partial charge in [-0.25, -0.2) is 14.4 Å². The number of rotatable bonds is 5. The van der Waals surface area contributed by atoms with Gasteiger partial charge in [-0.2, -0.15) is 4.98 Å². The maximum absolute atomic E-state index is 13.4. The average molecular weight is 387 g/mol. The minimum absolute atomic E-state index is 0.123. The number of nitrogens with zero attached hydrogens (tertiary/aromatic N) is 5. The first-order chi connectivity index (χ1) is 14.1. The van der Waals surface area contributed by atoms with Crippen molar-refractivity contribution in [2.45, 2.75) is 12.8 Å². The van der Waals surface area contributed by atoms with Crippen molar-refractivity contribution in [1.82, 2.24) is 24.9 Å². The van der Waals surface area contributed by atoms with Gasteiger partial charge in [0.25, 0.3) is 0 Å². The number of nitrogens with one attached hydrogen (secondary N) is 1. The minimum Gasteiger partial charge on any atom is -0.368 e. The molecule has 0 spiro atoms. The molecule has 1 unspecified atom stereocenters. The number of benzene rings is 1. The van der Waals surface area contributed by atoms with Gasteiger partial charge in [0, 0.05) is 41.8 Å². The number of hydrogen-bond acceptors (Lipinski definition) is 7. The summed E-state index contributed by atoms with van der Waals surface area (Å²) < 4.78 is 13.4. The van der Waals surface area contributed by atoms with Crippen LogP contribution in [0.3, 0.4) is 0 Å². The topological polar surface area (TPSA) is 102 Å². The van der Waals surface area contributed by atoms with E-state index in [1.807, 2.05) is 19.1 Å². The van der Waals surface area contributed by atoms with E-state index < -0.39 is 0 Å². The zero-order valence-corrected chi connectivity index (χ0v) is 15.6. The largest absolute Gasteiger partial charge is 0.368 e. The Morgan fingerprint density at radius 2 is 1.69 bits per heavy atom. The van der Waals surface area contributed by atoms with Crippen LogP contribution in [0.1, 0.15) is 24.0 Å². The highest BCUT2D eigenvalue weighted by molar-refractivity contribution is 5.73. The molecule has 3 heterocycles. The zero-order valence-electron chi connectivity index (χ0n) is 15.6. The lowest BCUT2D eigenvalue weighted by molar-refractivity contribution is 0.626. The van der Waals surface area contributed by atoms with Crippen LogP contribution in [-0.2, 0) is 0 Å². The molecule has 0 aliphatic heterocycles. The van der Waals surface area contributed by atoms with Crippen LogP contribution >= 0.6 is 0 Å². The van der Waals surface area contributed by atoms with Gasteiger partial charge in [-0.15, -0.1) is 0 Å². The molecule has 4 rings (SSSR count). The average Bonchev–Trinajstić information content (AvgIpc) is 2.75. The monoisotopic (exact) mass is 387 g/mol. The number of halogens is 1. The molecule has 1 aromatic carbocycles. The summed E-state index contributed by atoms with van der Waals surface area (Å²) in [6, 6.07) is 10.1. The zero-order chi connectivity index (χ0) is 20.2. The van der Waals surface area contributed by atoms with Gasteiger partial charge in [0.15, 0.2) is 0 Å². The predicted octanol–water partition coefficient (Wildman–Crippen LogP) is 3.95. The van der Waals surface area contributed by atoms with E-state index >= 15 is 0 Å². The summed E-state index contributed by atoms with van der Waals surface area (Å²) in [4.78, 5) is 21.3. The van der Waals surface area contributed by atoms with Gasteiger partial charge in [-0.1, -0.05) is 19.1 Å². The second-order valence-corrected chi connectivity index (χ2v) is 6.42. The van der Waals surface area contributed by atoms with E-state index in [1.165, 1.54) is 12.1 Å². The molecule has 1 atom stereocenters. The van der Waals surface area contributed by atoms with Crippen LogP contribution < -0.4 is 11.1 Å². The summed E-state index contributed by atoms with van der Waals surface area (Å²) in [5, 5.41) is 3.19. The SMILES string of the molecule is CC(c1ccc(F)cc1)c1c(Nc2cnccn2)nc(N)nc1-c1ccncc1. The molecular weight excluding hydrogens is 369 g/mol. The quantitative estimate of drug-likeness (QED) is 0.534. The standard InChI is InChI=1S/C21H18FN7/c1-13(14-2-4-16(22)5-3-14)18-19(15-6-8-24-9-7-15)28-21(23)29-20(18)27-17-12-25-10-11-26-17/h2-13H,1H3,(H3,23,26,27,28,29). The van der Waals surface area contributed by atoms with Crippen LogP contribution in [0.2, 0.25) is 0 Å². The molecule has 0 aliphatic rings. The van der Waals surface area contributed by atoms with Crippen molar-refractivity contribution in [1.29, 1.82) is 0 Å². The maximum Gasteiger partial charge on any atom is 0.222 e. The second kappa shape index (κ2) is 7.97. The third kappa shape index (κ3) is 4.01. The summed E-state index contributed by atoms with van der Waals surface area (Å²) >= 11 is 0. The molecular formula is C21H18FN7. The lowest BCUT2D eigenvalue weighted by Gasteiger charge is -2.21. The Bertz CT molecular complexity index is 1100. The van der Waals surface area contributed by atoms with Crippen molar-refractivity contribution < 1.29 is 4.39 Å². The highest BCUT2D eigenvalue weighted by Crippen LogP contribution is 2.37. The van der Waals surface area contributed by atoms with Gasteiger partial charge in [0.2, 0.25) is 5.95 Å². The van der Waals surface area contributed by atoms with Crippen molar-refractivity contribution in [3.05, 3.63) is 84.3 Å². The molecule has 3 aromatic heterocycles. The van der Waals surface area contributed by atoms with E-state index in [4.69, 9.17) is 5.73 Å². The van der Waals surface area contributed by atoms with Gasteiger partial charge in [-0.3, -0.25) is 9.97 Å². The maximum atomic E-state index is 13.4. The Morgan fingerprint density at radius 1 is 0.931 bits per heavy atom. The van der Waals surface area contributed by atoms with Crippen LogP contribution in [0, 0.1) is 5.82 Å². The fourth-order valence-electron chi connectivity index (χ4n) is 3.13. The van der Waals surface area contributed by atoms with Gasteiger partial charge in [-0.05, 0) is 29.8 Å². The predicted molar refractivity (Wildman–Crippen MR) is 109 cm³/mol. The van der Waals surface area contributed by atoms with Crippen LogP contribution in [0.15, 0.2) is 67.4 Å². The highest BCUT2D eigenvalue weighted by Gasteiger charge is 2.22. The van der Waals surface area contributed by atoms with Crippen LogP contribution in [-0.4, -0.2) is 24.9 Å². The smallest absolute Gasteiger partial charge is 0.222 e. The fourth-order valence-corrected chi connectivity index (χ4v) is 3.13. The molecule has 0 aliphatic carbocycles. The van der Waals surface area contributed by atoms with E-state index in [-0.39, 0.29) is 17.7 Å². The summed E-state index contributed by atoms with van der Waals surface area (Å²) in [6.07, 6.45) is 8.14. The minimum atomic E-state index is -0.290. The Kier molecular flexibility index (Phi) is 5.07. The molecule has 8 heteroatoms. The van der Waals surface area contributed by atoms with E-state index in [1.54, 1.807) is 43.1 Å². The first kappa shape index (κ1) is 18.4. The number of pyridine rings is 1. The van der Waals surface area contributed by atoms with E-state index in [2.05, 4.69) is 30.2 Å². The number of anilines is 3. The van der Waals surface area contributed by atoms with Crippen molar-refractivity contribution in [2.75, 3.05) is 11.1 Å². The molecule has 0 saturated heterocycles. The number of hydrogen-bond donors (Lipinski definition) is 2. The van der Waals surface area contributed by atoms with Crippen LogP contribution in [0.25, 0.3) is 11.3 Å². The Labute approximate surface area is 166 Å². The van der Waals surface area contributed by atoms with Gasteiger partial charge >= 0.3 is 0 Å². The van der Waals surface area contributed by atoms with Gasteiger partial charge in [0.05, 0.1) is 11.9 Å². The van der Waals surface area contributed by atoms with Crippen LogP contribution in [0.5, 0.6) is 0 Å². The second-order valence-electron chi connectivity index (χ2n) is 6.42. The Balaban J connectivity index is 1.90. The van der Waals surface area contributed by atoms with Crippen LogP contribution in [0.4, 0.5) is 22.0 Å². The number of aromatic nitrogens is 5. The third-order valence-electron chi connectivity index (χ3n) is 4.53. The molecule has 144 valence electrons. The normalized spacial score (nSPS) is 11.8. The first-order valence-corrected chi connectivity index (χ1v) is 8.98. The molecule has 0 radical (unpaired) electrons. The summed E-state index contributed by atoms with van der Waals surface area (Å²) in [5.41, 5.74) is 9.25. The molecule has 29 heavy (non-hydrogen) atoms. The highest BCUT2D eigenvalue weighted by atomic mass is 19.1. The number of nitrogen functional groups attached to an aromatic ring is 1. The van der Waals surface area contributed by atoms with Crippen molar-refractivity contribution >= 4 is 17.6 Å². The van der Waals surface area contributed by atoms with E-state index in [0.29, 0.717) is 17.3 Å². The van der Waals surface area contributed by atoms with Gasteiger partial charge < -0.3 is 11.1 Å². The Hall–Kier alpha value is -3.94. The molecule has 3 N–H and O–H groups in total. The van der Waals surface area contributed by atoms with E-state index in [9.17, 15) is 4.39 Å². The van der Waals surface area contributed by atoms with Crippen molar-refractivity contribution in [3.63, 3.8) is 0 Å². The molecule has 0 fully saturated rings. The van der Waals surface area contributed by atoms with Crippen molar-refractivity contribution in [2.24, 2.45) is 0 Å². The van der Waals surface area contributed by atoms with E-state index in [0.717, 1.165) is 16.7 Å². The number of nitrogens with two attached hydrogens (primary N) is 1. The molecule has 7 nitrogen and oxygen atoms in total. The lowest BCUT2D eigenvalue weighted by Crippen LogP contribution is -2.11. The third-order valence-corrected chi connectivity index (χ3v) is 4.53. The summed E-state index contributed by atoms with van der Waals surface area (Å²) in [6.45, 7) is 2.01. The Morgan fingerprint density at radius 3 is 2.38 bits per heavy atom. The molecule has 0 amide bonds. The lowest BCUT2D eigenvalue weighted by atomic mass is 9.90. The van der Waals surface area contributed by atoms with Crippen molar-refractivity contribution in [3.8, 4) is 11.3 Å². The summed E-state index contributed by atoms with van der Waals surface area (Å²) in [7, 11) is 0. The van der Waals surface area contributed by atoms with Gasteiger partial charge in [0.1, 0.15) is 17.5 Å². The molecule has 4 aromatic rings. The molecule has 0 bridgehead atoms. The first-order valence-electron chi connectivity index (χ1n) is 8.98. The summed E-state index contributed by atoms with van der Waals surface area (Å²) in [5.74, 6) is 0.721.